The van der Waals surface area contributed by atoms with Crippen molar-refractivity contribution in [3.8, 4) is 0 Å². The van der Waals surface area contributed by atoms with Gasteiger partial charge in [0.1, 0.15) is 0 Å². The number of rotatable bonds is 9. The molecule has 0 aromatic carbocycles. The van der Waals surface area contributed by atoms with Crippen molar-refractivity contribution < 1.29 is 14.3 Å². The summed E-state index contributed by atoms with van der Waals surface area (Å²) in [6, 6.07) is 5.97. The van der Waals surface area contributed by atoms with Crippen LogP contribution in [0.5, 0.6) is 0 Å². The Bertz CT molecular complexity index is 379. The van der Waals surface area contributed by atoms with E-state index in [1.54, 1.807) is 0 Å². The highest BCUT2D eigenvalue weighted by molar-refractivity contribution is 5.69. The van der Waals surface area contributed by atoms with E-state index in [0.717, 1.165) is 30.7 Å². The van der Waals surface area contributed by atoms with Crippen LogP contribution < -0.4 is 0 Å². The molecule has 0 saturated carbocycles. The van der Waals surface area contributed by atoms with Gasteiger partial charge in [0.25, 0.3) is 0 Å². The Hall–Kier alpha value is -1.42. The summed E-state index contributed by atoms with van der Waals surface area (Å²) in [5.74, 6) is -0.142. The largest absolute Gasteiger partial charge is 0.466 e. The lowest BCUT2D eigenvalue weighted by Gasteiger charge is -2.05. The molecule has 0 radical (unpaired) electrons. The molecule has 0 aliphatic carbocycles. The lowest BCUT2D eigenvalue weighted by atomic mass is 10.2. The van der Waals surface area contributed by atoms with Crippen LogP contribution in [-0.4, -0.2) is 30.8 Å². The van der Waals surface area contributed by atoms with Gasteiger partial charge in [-0.2, -0.15) is 0 Å². The zero-order valence-electron chi connectivity index (χ0n) is 11.9. The first-order valence-electron chi connectivity index (χ1n) is 6.88. The summed E-state index contributed by atoms with van der Waals surface area (Å²) >= 11 is 0. The van der Waals surface area contributed by atoms with Crippen molar-refractivity contribution in [1.82, 2.24) is 4.98 Å². The van der Waals surface area contributed by atoms with Crippen molar-refractivity contribution in [2.45, 2.75) is 39.5 Å². The maximum Gasteiger partial charge on any atom is 0.305 e. The highest BCUT2D eigenvalue weighted by Gasteiger charge is 2.02. The summed E-state index contributed by atoms with van der Waals surface area (Å²) in [5.41, 5.74) is 2.07. The fourth-order valence-electron chi connectivity index (χ4n) is 1.71. The molecule has 0 atom stereocenters. The number of aromatic nitrogens is 1. The number of aryl methyl sites for hydroxylation is 2. The Kier molecular flexibility index (Phi) is 7.82. The van der Waals surface area contributed by atoms with E-state index in [-0.39, 0.29) is 5.97 Å². The third-order valence-corrected chi connectivity index (χ3v) is 2.66. The van der Waals surface area contributed by atoms with Crippen molar-refractivity contribution in [2.24, 2.45) is 0 Å². The Labute approximate surface area is 115 Å². The Balaban J connectivity index is 2.05. The molecule has 1 rings (SSSR count). The maximum atomic E-state index is 11.4. The maximum absolute atomic E-state index is 11.4. The highest BCUT2D eigenvalue weighted by atomic mass is 16.5. The average Bonchev–Trinajstić information content (AvgIpc) is 2.40. The molecule has 0 aliphatic rings. The van der Waals surface area contributed by atoms with Gasteiger partial charge >= 0.3 is 5.97 Å². The van der Waals surface area contributed by atoms with Crippen LogP contribution >= 0.6 is 0 Å². The van der Waals surface area contributed by atoms with E-state index in [2.05, 4.69) is 4.98 Å². The molecule has 4 heteroatoms. The first kappa shape index (κ1) is 15.6. The standard InChI is InChI=1S/C15H23NO3/c1-3-18-11-6-10-15(17)19-12-5-9-14-8-4-7-13(2)16-14/h4,7-8H,3,5-6,9-12H2,1-2H3. The van der Waals surface area contributed by atoms with Gasteiger partial charge in [-0.25, -0.2) is 0 Å². The Morgan fingerprint density at radius 2 is 2.11 bits per heavy atom. The normalized spacial score (nSPS) is 10.4. The number of esters is 1. The molecular formula is C15H23NO3. The van der Waals surface area contributed by atoms with Gasteiger partial charge in [0, 0.05) is 31.0 Å². The van der Waals surface area contributed by atoms with E-state index in [1.165, 1.54) is 0 Å². The van der Waals surface area contributed by atoms with E-state index in [4.69, 9.17) is 9.47 Å². The van der Waals surface area contributed by atoms with Crippen LogP contribution in [0, 0.1) is 6.92 Å². The predicted molar refractivity (Wildman–Crippen MR) is 74.0 cm³/mol. The van der Waals surface area contributed by atoms with Crippen molar-refractivity contribution in [3.05, 3.63) is 29.6 Å². The summed E-state index contributed by atoms with van der Waals surface area (Å²) in [6.07, 6.45) is 2.82. The lowest BCUT2D eigenvalue weighted by Crippen LogP contribution is -2.08. The highest BCUT2D eigenvalue weighted by Crippen LogP contribution is 2.02. The summed E-state index contributed by atoms with van der Waals surface area (Å²) in [6.45, 7) is 5.69. The Morgan fingerprint density at radius 1 is 1.26 bits per heavy atom. The molecule has 0 saturated heterocycles. The topological polar surface area (TPSA) is 48.4 Å². The molecule has 0 amide bonds. The zero-order chi connectivity index (χ0) is 13.9. The molecule has 0 unspecified atom stereocenters. The lowest BCUT2D eigenvalue weighted by molar-refractivity contribution is -0.144. The fourth-order valence-corrected chi connectivity index (χ4v) is 1.71. The Morgan fingerprint density at radius 3 is 2.84 bits per heavy atom. The van der Waals surface area contributed by atoms with E-state index in [1.807, 2.05) is 32.0 Å². The molecule has 0 aliphatic heterocycles. The monoisotopic (exact) mass is 265 g/mol. The summed E-state index contributed by atoms with van der Waals surface area (Å²) in [7, 11) is 0. The van der Waals surface area contributed by atoms with Crippen LogP contribution in [-0.2, 0) is 20.7 Å². The number of carbonyl (C=O) groups excluding carboxylic acids is 1. The second-order valence-corrected chi connectivity index (χ2v) is 4.39. The molecule has 0 N–H and O–H groups in total. The van der Waals surface area contributed by atoms with Gasteiger partial charge in [0.15, 0.2) is 0 Å². The second-order valence-electron chi connectivity index (χ2n) is 4.39. The number of ether oxygens (including phenoxy) is 2. The minimum atomic E-state index is -0.142. The number of hydrogen-bond donors (Lipinski definition) is 0. The van der Waals surface area contributed by atoms with Gasteiger partial charge in [0.05, 0.1) is 6.61 Å². The smallest absolute Gasteiger partial charge is 0.305 e. The number of hydrogen-bond acceptors (Lipinski definition) is 4. The molecule has 106 valence electrons. The third-order valence-electron chi connectivity index (χ3n) is 2.66. The molecule has 1 aromatic heterocycles. The van der Waals surface area contributed by atoms with Gasteiger partial charge in [0.2, 0.25) is 0 Å². The zero-order valence-corrected chi connectivity index (χ0v) is 11.9. The molecule has 19 heavy (non-hydrogen) atoms. The molecule has 0 bridgehead atoms. The molecule has 1 heterocycles. The van der Waals surface area contributed by atoms with Crippen LogP contribution in [0.3, 0.4) is 0 Å². The van der Waals surface area contributed by atoms with E-state index < -0.39 is 0 Å². The van der Waals surface area contributed by atoms with E-state index >= 15 is 0 Å². The van der Waals surface area contributed by atoms with Gasteiger partial charge in [-0.05, 0) is 45.2 Å². The third kappa shape index (κ3) is 7.57. The SMILES string of the molecule is CCOCCCC(=O)OCCCc1cccc(C)n1. The predicted octanol–water partition coefficient (Wildman–Crippen LogP) is 2.68. The van der Waals surface area contributed by atoms with Gasteiger partial charge in [-0.15, -0.1) is 0 Å². The number of pyridine rings is 1. The van der Waals surface area contributed by atoms with E-state index in [9.17, 15) is 4.79 Å². The molecule has 0 spiro atoms. The molecule has 4 nitrogen and oxygen atoms in total. The molecule has 1 aromatic rings. The van der Waals surface area contributed by atoms with Crippen molar-refractivity contribution in [2.75, 3.05) is 19.8 Å². The summed E-state index contributed by atoms with van der Waals surface area (Å²) < 4.78 is 10.3. The first-order valence-corrected chi connectivity index (χ1v) is 6.88. The number of carbonyl (C=O) groups is 1. The fraction of sp³-hybridized carbons (Fsp3) is 0.600. The number of nitrogens with zero attached hydrogens (tertiary/aromatic N) is 1. The minimum Gasteiger partial charge on any atom is -0.466 e. The summed E-state index contributed by atoms with van der Waals surface area (Å²) in [4.78, 5) is 15.8. The van der Waals surface area contributed by atoms with Crippen molar-refractivity contribution in [3.63, 3.8) is 0 Å². The van der Waals surface area contributed by atoms with Crippen LogP contribution in [0.25, 0.3) is 0 Å². The molecular weight excluding hydrogens is 242 g/mol. The van der Waals surface area contributed by atoms with Crippen molar-refractivity contribution in [1.29, 1.82) is 0 Å². The van der Waals surface area contributed by atoms with Gasteiger partial charge in [-0.3, -0.25) is 9.78 Å². The minimum absolute atomic E-state index is 0.142. The quantitative estimate of drug-likeness (QED) is 0.509. The average molecular weight is 265 g/mol. The van der Waals surface area contributed by atoms with Gasteiger partial charge in [-0.1, -0.05) is 6.07 Å². The van der Waals surface area contributed by atoms with Crippen LogP contribution in [0.15, 0.2) is 18.2 Å². The van der Waals surface area contributed by atoms with Crippen LogP contribution in [0.2, 0.25) is 0 Å². The van der Waals surface area contributed by atoms with Crippen molar-refractivity contribution >= 4 is 5.97 Å². The van der Waals surface area contributed by atoms with E-state index in [0.29, 0.717) is 26.2 Å². The summed E-state index contributed by atoms with van der Waals surface area (Å²) in [5, 5.41) is 0. The van der Waals surface area contributed by atoms with Gasteiger partial charge < -0.3 is 9.47 Å². The first-order chi connectivity index (χ1) is 9.22. The second kappa shape index (κ2) is 9.50. The van der Waals surface area contributed by atoms with Crippen LogP contribution in [0.1, 0.15) is 37.6 Å². The van der Waals surface area contributed by atoms with Crippen LogP contribution in [0.4, 0.5) is 0 Å². The molecule has 0 fully saturated rings.